The zero-order chi connectivity index (χ0) is 8.97. The zero-order valence-electron chi connectivity index (χ0n) is 7.63. The molecule has 0 saturated carbocycles. The first-order valence-electron chi connectivity index (χ1n) is 4.34. The van der Waals surface area contributed by atoms with Crippen LogP contribution >= 0.6 is 0 Å². The van der Waals surface area contributed by atoms with Crippen LogP contribution in [0.25, 0.3) is 0 Å². The maximum atomic E-state index is 11.2. The summed E-state index contributed by atoms with van der Waals surface area (Å²) in [7, 11) is 0. The Morgan fingerprint density at radius 1 is 1.33 bits per heavy atom. The van der Waals surface area contributed by atoms with Crippen LogP contribution in [0.1, 0.15) is 24.5 Å². The van der Waals surface area contributed by atoms with Crippen molar-refractivity contribution in [2.24, 2.45) is 0 Å². The highest BCUT2D eigenvalue weighted by molar-refractivity contribution is 5.20. The Balaban J connectivity index is 3.13. The maximum absolute atomic E-state index is 11.2. The van der Waals surface area contributed by atoms with Gasteiger partial charge in [0.15, 0.2) is 5.43 Å². The Morgan fingerprint density at radius 2 is 2.08 bits per heavy atom. The first kappa shape index (κ1) is 8.98. The molecule has 1 rings (SSSR count). The number of hydrogen-bond donors (Lipinski definition) is 0. The molecule has 0 radical (unpaired) electrons. The molecule has 0 aromatic heterocycles. The van der Waals surface area contributed by atoms with Crippen molar-refractivity contribution in [3.05, 3.63) is 45.6 Å². The molecule has 0 saturated heterocycles. The van der Waals surface area contributed by atoms with Gasteiger partial charge in [-0.25, -0.2) is 0 Å². The van der Waals surface area contributed by atoms with Gasteiger partial charge in [-0.2, -0.15) is 0 Å². The van der Waals surface area contributed by atoms with Gasteiger partial charge in [-0.15, -0.1) is 0 Å². The highest BCUT2D eigenvalue weighted by atomic mass is 16.1. The van der Waals surface area contributed by atoms with Crippen LogP contribution in [0.3, 0.4) is 0 Å². The van der Waals surface area contributed by atoms with Crippen LogP contribution in [0, 0.1) is 6.92 Å². The Hall–Kier alpha value is -1.11. The summed E-state index contributed by atoms with van der Waals surface area (Å²) in [5.74, 6) is 0. The van der Waals surface area contributed by atoms with E-state index in [1.807, 2.05) is 25.1 Å². The molecule has 0 atom stereocenters. The van der Waals surface area contributed by atoms with Crippen LogP contribution in [0.5, 0.6) is 0 Å². The lowest BCUT2D eigenvalue weighted by molar-refractivity contribution is 0.922. The number of aryl methyl sites for hydroxylation is 2. The third-order valence-corrected chi connectivity index (χ3v) is 1.89. The summed E-state index contributed by atoms with van der Waals surface area (Å²) in [6.45, 7) is 4.00. The summed E-state index contributed by atoms with van der Waals surface area (Å²) < 4.78 is 0. The summed E-state index contributed by atoms with van der Waals surface area (Å²) >= 11 is 0. The molecule has 0 unspecified atom stereocenters. The van der Waals surface area contributed by atoms with Gasteiger partial charge in [0.1, 0.15) is 0 Å². The average Bonchev–Trinajstić information content (AvgIpc) is 2.16. The fourth-order valence-corrected chi connectivity index (χ4v) is 1.23. The SMILES string of the molecule is CCCc1cccc(=O)c(C)c1. The van der Waals surface area contributed by atoms with Gasteiger partial charge in [0.25, 0.3) is 0 Å². The van der Waals surface area contributed by atoms with Crippen molar-refractivity contribution in [2.75, 3.05) is 0 Å². The second kappa shape index (κ2) is 4.05. The minimum Gasteiger partial charge on any atom is -0.290 e. The van der Waals surface area contributed by atoms with E-state index in [2.05, 4.69) is 6.92 Å². The molecular weight excluding hydrogens is 148 g/mol. The smallest absolute Gasteiger partial charge is 0.181 e. The van der Waals surface area contributed by atoms with E-state index in [1.54, 1.807) is 6.07 Å². The molecule has 1 aromatic carbocycles. The van der Waals surface area contributed by atoms with Crippen LogP contribution in [0.2, 0.25) is 0 Å². The van der Waals surface area contributed by atoms with Gasteiger partial charge in [0.05, 0.1) is 0 Å². The van der Waals surface area contributed by atoms with Gasteiger partial charge in [0.2, 0.25) is 0 Å². The van der Waals surface area contributed by atoms with Crippen LogP contribution in [-0.4, -0.2) is 0 Å². The van der Waals surface area contributed by atoms with E-state index in [1.165, 1.54) is 5.56 Å². The zero-order valence-corrected chi connectivity index (χ0v) is 7.63. The van der Waals surface area contributed by atoms with Crippen molar-refractivity contribution in [1.82, 2.24) is 0 Å². The molecule has 0 aliphatic rings. The summed E-state index contributed by atoms with van der Waals surface area (Å²) in [6, 6.07) is 7.44. The quantitative estimate of drug-likeness (QED) is 0.652. The second-order valence-corrected chi connectivity index (χ2v) is 3.04. The van der Waals surface area contributed by atoms with Crippen LogP contribution < -0.4 is 5.43 Å². The van der Waals surface area contributed by atoms with E-state index in [0.717, 1.165) is 18.4 Å². The molecule has 0 heterocycles. The standard InChI is InChI=1S/C11H14O/c1-3-5-10-6-4-7-11(12)9(2)8-10/h4,6-8H,3,5H2,1-2H3. The summed E-state index contributed by atoms with van der Waals surface area (Å²) in [5.41, 5.74) is 2.21. The van der Waals surface area contributed by atoms with Crippen LogP contribution in [-0.2, 0) is 6.42 Å². The van der Waals surface area contributed by atoms with Crippen molar-refractivity contribution in [3.8, 4) is 0 Å². The summed E-state index contributed by atoms with van der Waals surface area (Å²) in [6.07, 6.45) is 2.17. The van der Waals surface area contributed by atoms with Crippen molar-refractivity contribution < 1.29 is 0 Å². The first-order chi connectivity index (χ1) is 5.74. The predicted molar refractivity (Wildman–Crippen MR) is 51.4 cm³/mol. The lowest BCUT2D eigenvalue weighted by Gasteiger charge is -1.92. The van der Waals surface area contributed by atoms with Gasteiger partial charge >= 0.3 is 0 Å². The normalized spacial score (nSPS) is 9.83. The largest absolute Gasteiger partial charge is 0.290 e. The molecule has 0 aliphatic heterocycles. The highest BCUT2D eigenvalue weighted by Crippen LogP contribution is 2.01. The van der Waals surface area contributed by atoms with Gasteiger partial charge < -0.3 is 0 Å². The Morgan fingerprint density at radius 3 is 2.75 bits per heavy atom. The second-order valence-electron chi connectivity index (χ2n) is 3.04. The van der Waals surface area contributed by atoms with E-state index >= 15 is 0 Å². The molecular formula is C11H14O. The Kier molecular flexibility index (Phi) is 3.03. The topological polar surface area (TPSA) is 17.1 Å². The molecule has 1 nitrogen and oxygen atoms in total. The lowest BCUT2D eigenvalue weighted by Crippen LogP contribution is -1.97. The van der Waals surface area contributed by atoms with Gasteiger partial charge in [0, 0.05) is 0 Å². The van der Waals surface area contributed by atoms with Gasteiger partial charge in [-0.3, -0.25) is 4.79 Å². The molecule has 0 bridgehead atoms. The van der Waals surface area contributed by atoms with Crippen molar-refractivity contribution in [1.29, 1.82) is 0 Å². The fourth-order valence-electron chi connectivity index (χ4n) is 1.23. The van der Waals surface area contributed by atoms with Gasteiger partial charge in [-0.1, -0.05) is 31.5 Å². The van der Waals surface area contributed by atoms with E-state index in [4.69, 9.17) is 0 Å². The summed E-state index contributed by atoms with van der Waals surface area (Å²) in [4.78, 5) is 11.2. The van der Waals surface area contributed by atoms with Crippen LogP contribution in [0.4, 0.5) is 0 Å². The Labute approximate surface area is 73.1 Å². The maximum Gasteiger partial charge on any atom is 0.181 e. The van der Waals surface area contributed by atoms with Crippen molar-refractivity contribution in [2.45, 2.75) is 26.7 Å². The molecule has 0 amide bonds. The Bertz CT molecular complexity index is 315. The van der Waals surface area contributed by atoms with Crippen molar-refractivity contribution >= 4 is 0 Å². The molecule has 0 fully saturated rings. The average molecular weight is 162 g/mol. The summed E-state index contributed by atoms with van der Waals surface area (Å²) in [5, 5.41) is 0. The third-order valence-electron chi connectivity index (χ3n) is 1.89. The van der Waals surface area contributed by atoms with Crippen LogP contribution in [0.15, 0.2) is 29.1 Å². The third kappa shape index (κ3) is 2.19. The molecule has 1 heteroatoms. The molecule has 0 N–H and O–H groups in total. The molecule has 64 valence electrons. The minimum absolute atomic E-state index is 0.123. The predicted octanol–water partition coefficient (Wildman–Crippen LogP) is 2.31. The van der Waals surface area contributed by atoms with Crippen molar-refractivity contribution in [3.63, 3.8) is 0 Å². The molecule has 0 spiro atoms. The fraction of sp³-hybridized carbons (Fsp3) is 0.364. The minimum atomic E-state index is 0.123. The molecule has 0 aliphatic carbocycles. The van der Waals surface area contributed by atoms with E-state index in [9.17, 15) is 4.79 Å². The first-order valence-corrected chi connectivity index (χ1v) is 4.34. The number of rotatable bonds is 2. The monoisotopic (exact) mass is 162 g/mol. The number of hydrogen-bond acceptors (Lipinski definition) is 1. The molecule has 1 aromatic rings. The van der Waals surface area contributed by atoms with Gasteiger partial charge in [-0.05, 0) is 30.5 Å². The van der Waals surface area contributed by atoms with E-state index in [-0.39, 0.29) is 5.43 Å². The van der Waals surface area contributed by atoms with E-state index in [0.29, 0.717) is 0 Å². The van der Waals surface area contributed by atoms with E-state index < -0.39 is 0 Å². The molecule has 12 heavy (non-hydrogen) atoms. The highest BCUT2D eigenvalue weighted by Gasteiger charge is 1.92. The lowest BCUT2D eigenvalue weighted by atomic mass is 10.1.